The molecule has 0 bridgehead atoms. The van der Waals surface area contributed by atoms with E-state index in [4.69, 9.17) is 4.74 Å². The van der Waals surface area contributed by atoms with Crippen molar-refractivity contribution in [2.75, 3.05) is 6.61 Å². The Kier molecular flexibility index (Phi) is 8.91. The molecule has 0 unspecified atom stereocenters. The van der Waals surface area contributed by atoms with Crippen LogP contribution >= 0.6 is 0 Å². The molecule has 0 aliphatic heterocycles. The second kappa shape index (κ2) is 11.3. The molecule has 0 atom stereocenters. The molecular weight excluding hydrogens is 292 g/mol. The summed E-state index contributed by atoms with van der Waals surface area (Å²) < 4.78 is 5.65. The molecule has 1 saturated carbocycles. The predicted molar refractivity (Wildman–Crippen MR) is 104 cm³/mol. The van der Waals surface area contributed by atoms with E-state index in [1.165, 1.54) is 56.1 Å². The smallest absolute Gasteiger partial charge is 0.0721 e. The largest absolute Gasteiger partial charge is 0.373 e. The molecule has 0 N–H and O–H groups in total. The zero-order chi connectivity index (χ0) is 17.0. The van der Waals surface area contributed by atoms with Gasteiger partial charge in [0.05, 0.1) is 13.2 Å². The Bertz CT molecular complexity index is 477. The van der Waals surface area contributed by atoms with Gasteiger partial charge in [-0.2, -0.15) is 0 Å². The second-order valence-electron chi connectivity index (χ2n) is 7.16. The van der Waals surface area contributed by atoms with Gasteiger partial charge in [-0.25, -0.2) is 0 Å². The summed E-state index contributed by atoms with van der Waals surface area (Å²) in [6.07, 6.45) is 16.8. The minimum atomic E-state index is 0.710. The monoisotopic (exact) mass is 326 g/mol. The van der Waals surface area contributed by atoms with E-state index in [0.717, 1.165) is 18.3 Å². The van der Waals surface area contributed by atoms with Crippen molar-refractivity contribution in [2.24, 2.45) is 11.8 Å². The first-order chi connectivity index (χ1) is 11.8. The lowest BCUT2D eigenvalue weighted by Crippen LogP contribution is -2.14. The van der Waals surface area contributed by atoms with Crippen LogP contribution in [0.1, 0.15) is 63.0 Å². The highest BCUT2D eigenvalue weighted by atomic mass is 16.5. The van der Waals surface area contributed by atoms with Gasteiger partial charge in [-0.05, 0) is 61.5 Å². The van der Waals surface area contributed by atoms with E-state index < -0.39 is 0 Å². The Morgan fingerprint density at radius 2 is 1.67 bits per heavy atom. The highest BCUT2D eigenvalue weighted by Crippen LogP contribution is 2.33. The van der Waals surface area contributed by atoms with E-state index in [1.807, 2.05) is 0 Å². The van der Waals surface area contributed by atoms with Crippen molar-refractivity contribution in [3.8, 4) is 0 Å². The minimum absolute atomic E-state index is 0.710. The predicted octanol–water partition coefficient (Wildman–Crippen LogP) is 6.48. The van der Waals surface area contributed by atoms with Crippen LogP contribution in [0.2, 0.25) is 0 Å². The molecule has 0 heterocycles. The van der Waals surface area contributed by atoms with Gasteiger partial charge in [0.1, 0.15) is 0 Å². The van der Waals surface area contributed by atoms with Gasteiger partial charge in [-0.15, -0.1) is 6.58 Å². The summed E-state index contributed by atoms with van der Waals surface area (Å²) in [5, 5.41) is 0. The van der Waals surface area contributed by atoms with Crippen molar-refractivity contribution in [1.82, 2.24) is 0 Å². The van der Waals surface area contributed by atoms with Crippen molar-refractivity contribution in [2.45, 2.75) is 64.9 Å². The van der Waals surface area contributed by atoms with Crippen LogP contribution in [0.5, 0.6) is 0 Å². The lowest BCUT2D eigenvalue weighted by atomic mass is 9.78. The van der Waals surface area contributed by atoms with E-state index in [1.54, 1.807) is 0 Å². The molecule has 1 aromatic carbocycles. The van der Waals surface area contributed by atoms with Gasteiger partial charge >= 0.3 is 0 Å². The minimum Gasteiger partial charge on any atom is -0.373 e. The molecule has 0 spiro atoms. The summed E-state index contributed by atoms with van der Waals surface area (Å²) in [5.41, 5.74) is 2.74. The molecule has 1 aromatic rings. The number of rotatable bonds is 10. The first-order valence-electron chi connectivity index (χ1n) is 9.73. The molecule has 1 aliphatic rings. The first-order valence-corrected chi connectivity index (χ1v) is 9.73. The maximum Gasteiger partial charge on any atom is 0.0721 e. The van der Waals surface area contributed by atoms with E-state index in [2.05, 4.69) is 56.0 Å². The van der Waals surface area contributed by atoms with Crippen molar-refractivity contribution in [1.29, 1.82) is 0 Å². The fourth-order valence-corrected chi connectivity index (χ4v) is 3.64. The molecule has 132 valence electrons. The Hall–Kier alpha value is -1.34. The van der Waals surface area contributed by atoms with Crippen LogP contribution in [0.25, 0.3) is 0 Å². The van der Waals surface area contributed by atoms with Gasteiger partial charge in [0.25, 0.3) is 0 Å². The average molecular weight is 327 g/mol. The third-order valence-corrected chi connectivity index (χ3v) is 5.22. The van der Waals surface area contributed by atoms with Gasteiger partial charge < -0.3 is 4.74 Å². The van der Waals surface area contributed by atoms with Crippen LogP contribution in [0.15, 0.2) is 49.1 Å². The number of hydrogen-bond acceptors (Lipinski definition) is 1. The third kappa shape index (κ3) is 7.05. The second-order valence-corrected chi connectivity index (χ2v) is 7.16. The Labute approximate surface area is 148 Å². The third-order valence-electron chi connectivity index (χ3n) is 5.22. The van der Waals surface area contributed by atoms with Crippen LogP contribution in [0, 0.1) is 11.8 Å². The summed E-state index contributed by atoms with van der Waals surface area (Å²) in [7, 11) is 0. The van der Waals surface area contributed by atoms with Gasteiger partial charge in [-0.1, -0.05) is 62.3 Å². The lowest BCUT2D eigenvalue weighted by Gasteiger charge is -2.27. The molecule has 0 radical (unpaired) electrons. The van der Waals surface area contributed by atoms with Crippen molar-refractivity contribution < 1.29 is 4.74 Å². The topological polar surface area (TPSA) is 9.23 Å². The standard InChI is InChI=1S/C23H34O/c1-3-5-6-18-24-19-23-16-14-22(15-17-23)13-12-21-10-8-20(7-4-2)9-11-21/h4-6,14-17,20-21H,2-3,7-13,18-19H2,1H3. The molecular formula is C23H34O. The zero-order valence-corrected chi connectivity index (χ0v) is 15.4. The summed E-state index contributed by atoms with van der Waals surface area (Å²) >= 11 is 0. The van der Waals surface area contributed by atoms with Crippen LogP contribution in [-0.4, -0.2) is 6.61 Å². The Morgan fingerprint density at radius 1 is 1.00 bits per heavy atom. The molecule has 1 fully saturated rings. The average Bonchev–Trinajstić information content (AvgIpc) is 2.62. The molecule has 1 nitrogen and oxygen atoms in total. The number of ether oxygens (including phenoxy) is 1. The molecule has 1 heteroatoms. The summed E-state index contributed by atoms with van der Waals surface area (Å²) in [6.45, 7) is 7.44. The van der Waals surface area contributed by atoms with E-state index >= 15 is 0 Å². The summed E-state index contributed by atoms with van der Waals surface area (Å²) in [6, 6.07) is 9.01. The molecule has 24 heavy (non-hydrogen) atoms. The van der Waals surface area contributed by atoms with Crippen molar-refractivity contribution in [3.63, 3.8) is 0 Å². The van der Waals surface area contributed by atoms with E-state index in [-0.39, 0.29) is 0 Å². The maximum atomic E-state index is 5.65. The molecule has 2 rings (SSSR count). The van der Waals surface area contributed by atoms with Crippen LogP contribution < -0.4 is 0 Å². The zero-order valence-electron chi connectivity index (χ0n) is 15.4. The van der Waals surface area contributed by atoms with Crippen LogP contribution in [0.3, 0.4) is 0 Å². The SMILES string of the molecule is C=CCC1CCC(CCc2ccc(COCC=CCC)cc2)CC1. The summed E-state index contributed by atoms with van der Waals surface area (Å²) in [4.78, 5) is 0. The van der Waals surface area contributed by atoms with Gasteiger partial charge in [0.2, 0.25) is 0 Å². The Morgan fingerprint density at radius 3 is 2.33 bits per heavy atom. The van der Waals surface area contributed by atoms with Gasteiger partial charge in [-0.3, -0.25) is 0 Å². The van der Waals surface area contributed by atoms with Gasteiger partial charge in [0, 0.05) is 0 Å². The van der Waals surface area contributed by atoms with Gasteiger partial charge in [0.15, 0.2) is 0 Å². The summed E-state index contributed by atoms with van der Waals surface area (Å²) in [5.74, 6) is 1.84. The highest BCUT2D eigenvalue weighted by molar-refractivity contribution is 5.22. The van der Waals surface area contributed by atoms with Crippen molar-refractivity contribution >= 4 is 0 Å². The fourth-order valence-electron chi connectivity index (χ4n) is 3.64. The highest BCUT2D eigenvalue weighted by Gasteiger charge is 2.19. The first kappa shape index (κ1) is 19.0. The van der Waals surface area contributed by atoms with Crippen molar-refractivity contribution in [3.05, 3.63) is 60.2 Å². The quantitative estimate of drug-likeness (QED) is 0.353. The number of benzene rings is 1. The van der Waals surface area contributed by atoms with E-state index in [0.29, 0.717) is 13.2 Å². The molecule has 1 aliphatic carbocycles. The number of aryl methyl sites for hydroxylation is 1. The molecule has 0 aromatic heterocycles. The van der Waals surface area contributed by atoms with Crippen LogP contribution in [-0.2, 0) is 17.8 Å². The van der Waals surface area contributed by atoms with E-state index in [9.17, 15) is 0 Å². The number of hydrogen-bond donors (Lipinski definition) is 0. The molecule has 0 amide bonds. The normalized spacial score (nSPS) is 21.2. The fraction of sp³-hybridized carbons (Fsp3) is 0.565. The Balaban J connectivity index is 1.65. The van der Waals surface area contributed by atoms with Crippen LogP contribution in [0.4, 0.5) is 0 Å². The lowest BCUT2D eigenvalue weighted by molar-refractivity contribution is 0.148. The number of allylic oxidation sites excluding steroid dienone is 2. The molecule has 0 saturated heterocycles. The maximum absolute atomic E-state index is 5.65.